The van der Waals surface area contributed by atoms with Crippen LogP contribution in [0.1, 0.15) is 25.8 Å². The first kappa shape index (κ1) is 13.7. The van der Waals surface area contributed by atoms with Crippen LogP contribution >= 0.6 is 0 Å². The van der Waals surface area contributed by atoms with Crippen molar-refractivity contribution in [1.29, 1.82) is 0 Å². The molecule has 0 heterocycles. The molecule has 1 amide bonds. The summed E-state index contributed by atoms with van der Waals surface area (Å²) in [6, 6.07) is 10.2. The fourth-order valence-corrected chi connectivity index (χ4v) is 1.58. The predicted molar refractivity (Wildman–Crippen MR) is 70.6 cm³/mol. The molecule has 0 aliphatic carbocycles. The lowest BCUT2D eigenvalue weighted by Gasteiger charge is -2.19. The summed E-state index contributed by atoms with van der Waals surface area (Å²) in [5, 5.41) is 2.98. The molecule has 0 saturated heterocycles. The summed E-state index contributed by atoms with van der Waals surface area (Å²) >= 11 is 0. The molecule has 2 atom stereocenters. The number of aryl methyl sites for hydroxylation is 1. The third kappa shape index (κ3) is 5.00. The van der Waals surface area contributed by atoms with Gasteiger partial charge in [-0.1, -0.05) is 37.3 Å². The zero-order valence-corrected chi connectivity index (χ0v) is 10.6. The second-order valence-corrected chi connectivity index (χ2v) is 4.55. The highest BCUT2D eigenvalue weighted by molar-refractivity contribution is 5.76. The van der Waals surface area contributed by atoms with E-state index in [-0.39, 0.29) is 11.9 Å². The third-order valence-electron chi connectivity index (χ3n) is 3.10. The van der Waals surface area contributed by atoms with Crippen LogP contribution in [-0.4, -0.2) is 18.5 Å². The minimum absolute atomic E-state index is 0.0988. The molecule has 1 aromatic rings. The van der Waals surface area contributed by atoms with Crippen molar-refractivity contribution in [1.82, 2.24) is 5.32 Å². The first-order valence-corrected chi connectivity index (χ1v) is 6.17. The van der Waals surface area contributed by atoms with Crippen molar-refractivity contribution in [3.63, 3.8) is 0 Å². The number of nitrogens with two attached hydrogens (primary N) is 1. The van der Waals surface area contributed by atoms with Crippen LogP contribution in [0.2, 0.25) is 0 Å². The van der Waals surface area contributed by atoms with Gasteiger partial charge in [0.05, 0.1) is 0 Å². The van der Waals surface area contributed by atoms with Gasteiger partial charge in [0.1, 0.15) is 0 Å². The van der Waals surface area contributed by atoms with Crippen LogP contribution in [0, 0.1) is 5.92 Å². The van der Waals surface area contributed by atoms with E-state index in [0.29, 0.717) is 18.9 Å². The molecule has 3 heteroatoms. The molecule has 0 fully saturated rings. The summed E-state index contributed by atoms with van der Waals surface area (Å²) in [6.45, 7) is 4.64. The number of carbonyl (C=O) groups is 1. The molecule has 0 aliphatic heterocycles. The highest BCUT2D eigenvalue weighted by atomic mass is 16.1. The molecule has 3 N–H and O–H groups in total. The van der Waals surface area contributed by atoms with Crippen molar-refractivity contribution in [2.75, 3.05) is 6.54 Å². The van der Waals surface area contributed by atoms with Crippen LogP contribution in [-0.2, 0) is 11.2 Å². The third-order valence-corrected chi connectivity index (χ3v) is 3.10. The van der Waals surface area contributed by atoms with E-state index in [1.165, 1.54) is 5.56 Å². The average Bonchev–Trinajstić information content (AvgIpc) is 2.36. The van der Waals surface area contributed by atoms with Crippen LogP contribution in [0.5, 0.6) is 0 Å². The highest BCUT2D eigenvalue weighted by Gasteiger charge is 2.12. The average molecular weight is 234 g/mol. The smallest absolute Gasteiger partial charge is 0.220 e. The Labute approximate surface area is 103 Å². The van der Waals surface area contributed by atoms with Gasteiger partial charge in [0.25, 0.3) is 0 Å². The highest BCUT2D eigenvalue weighted by Crippen LogP contribution is 2.04. The zero-order valence-electron chi connectivity index (χ0n) is 10.6. The number of benzene rings is 1. The maximum Gasteiger partial charge on any atom is 0.220 e. The second kappa shape index (κ2) is 7.07. The van der Waals surface area contributed by atoms with Crippen LogP contribution in [0.4, 0.5) is 0 Å². The van der Waals surface area contributed by atoms with E-state index < -0.39 is 0 Å². The van der Waals surface area contributed by atoms with Gasteiger partial charge in [0, 0.05) is 12.5 Å². The Bertz CT molecular complexity index is 337. The van der Waals surface area contributed by atoms with Gasteiger partial charge in [-0.25, -0.2) is 0 Å². The quantitative estimate of drug-likeness (QED) is 0.787. The lowest BCUT2D eigenvalue weighted by Crippen LogP contribution is -2.39. The SMILES string of the molecule is CC(CN)C(C)NC(=O)CCc1ccccc1. The molecular formula is C14H22N2O. The van der Waals surface area contributed by atoms with Gasteiger partial charge in [-0.05, 0) is 31.4 Å². The van der Waals surface area contributed by atoms with Crippen molar-refractivity contribution >= 4 is 5.91 Å². The Morgan fingerprint density at radius 3 is 2.53 bits per heavy atom. The van der Waals surface area contributed by atoms with Crippen molar-refractivity contribution in [2.45, 2.75) is 32.7 Å². The monoisotopic (exact) mass is 234 g/mol. The first-order valence-electron chi connectivity index (χ1n) is 6.17. The standard InChI is InChI=1S/C14H22N2O/c1-11(10-15)12(2)16-14(17)9-8-13-6-4-3-5-7-13/h3-7,11-12H,8-10,15H2,1-2H3,(H,16,17). The molecule has 17 heavy (non-hydrogen) atoms. The number of amides is 1. The summed E-state index contributed by atoms with van der Waals surface area (Å²) in [5.41, 5.74) is 6.76. The molecule has 1 aromatic carbocycles. The maximum atomic E-state index is 11.7. The fraction of sp³-hybridized carbons (Fsp3) is 0.500. The van der Waals surface area contributed by atoms with Gasteiger partial charge < -0.3 is 11.1 Å². The number of hydrogen-bond acceptors (Lipinski definition) is 2. The number of hydrogen-bond donors (Lipinski definition) is 2. The maximum absolute atomic E-state index is 11.7. The van der Waals surface area contributed by atoms with E-state index in [2.05, 4.69) is 5.32 Å². The van der Waals surface area contributed by atoms with E-state index in [9.17, 15) is 4.79 Å². The molecule has 0 spiro atoms. The lowest BCUT2D eigenvalue weighted by atomic mass is 10.0. The van der Waals surface area contributed by atoms with Gasteiger partial charge in [0.15, 0.2) is 0 Å². The van der Waals surface area contributed by atoms with E-state index in [4.69, 9.17) is 5.73 Å². The number of nitrogens with one attached hydrogen (secondary N) is 1. The van der Waals surface area contributed by atoms with E-state index in [0.717, 1.165) is 6.42 Å². The normalized spacial score (nSPS) is 14.1. The van der Waals surface area contributed by atoms with Crippen LogP contribution in [0.15, 0.2) is 30.3 Å². The first-order chi connectivity index (χ1) is 8.13. The van der Waals surface area contributed by atoms with Crippen LogP contribution in [0.3, 0.4) is 0 Å². The van der Waals surface area contributed by atoms with Crippen LogP contribution < -0.4 is 11.1 Å². The van der Waals surface area contributed by atoms with Gasteiger partial charge in [-0.15, -0.1) is 0 Å². The van der Waals surface area contributed by atoms with Crippen molar-refractivity contribution in [3.8, 4) is 0 Å². The zero-order chi connectivity index (χ0) is 12.7. The Morgan fingerprint density at radius 1 is 1.29 bits per heavy atom. The topological polar surface area (TPSA) is 55.1 Å². The van der Waals surface area contributed by atoms with Crippen LogP contribution in [0.25, 0.3) is 0 Å². The molecule has 0 bridgehead atoms. The Hall–Kier alpha value is -1.35. The molecule has 3 nitrogen and oxygen atoms in total. The molecule has 2 unspecified atom stereocenters. The minimum Gasteiger partial charge on any atom is -0.353 e. The molecule has 0 aromatic heterocycles. The van der Waals surface area contributed by atoms with Gasteiger partial charge in [-0.3, -0.25) is 4.79 Å². The Kier molecular flexibility index (Phi) is 5.70. The van der Waals surface area contributed by atoms with Crippen molar-refractivity contribution in [2.24, 2.45) is 11.7 Å². The Balaban J connectivity index is 2.31. The van der Waals surface area contributed by atoms with E-state index in [1.54, 1.807) is 0 Å². The number of carbonyl (C=O) groups excluding carboxylic acids is 1. The van der Waals surface area contributed by atoms with Gasteiger partial charge in [-0.2, -0.15) is 0 Å². The van der Waals surface area contributed by atoms with Crippen molar-refractivity contribution in [3.05, 3.63) is 35.9 Å². The molecule has 0 radical (unpaired) electrons. The molecule has 1 rings (SSSR count). The fourth-order valence-electron chi connectivity index (χ4n) is 1.58. The predicted octanol–water partition coefficient (Wildman–Crippen LogP) is 1.72. The molecular weight excluding hydrogens is 212 g/mol. The van der Waals surface area contributed by atoms with E-state index >= 15 is 0 Å². The summed E-state index contributed by atoms with van der Waals surface area (Å²) in [5.74, 6) is 0.414. The summed E-state index contributed by atoms with van der Waals surface area (Å²) < 4.78 is 0. The summed E-state index contributed by atoms with van der Waals surface area (Å²) in [6.07, 6.45) is 1.32. The largest absolute Gasteiger partial charge is 0.353 e. The van der Waals surface area contributed by atoms with E-state index in [1.807, 2.05) is 44.2 Å². The molecule has 94 valence electrons. The Morgan fingerprint density at radius 2 is 1.94 bits per heavy atom. The lowest BCUT2D eigenvalue weighted by molar-refractivity contribution is -0.121. The summed E-state index contributed by atoms with van der Waals surface area (Å²) in [4.78, 5) is 11.7. The van der Waals surface area contributed by atoms with Gasteiger partial charge in [0.2, 0.25) is 5.91 Å². The minimum atomic E-state index is 0.0988. The van der Waals surface area contributed by atoms with Crippen molar-refractivity contribution < 1.29 is 4.79 Å². The molecule has 0 saturated carbocycles. The summed E-state index contributed by atoms with van der Waals surface area (Å²) in [7, 11) is 0. The molecule has 0 aliphatic rings. The second-order valence-electron chi connectivity index (χ2n) is 4.55. The number of rotatable bonds is 6. The van der Waals surface area contributed by atoms with Gasteiger partial charge >= 0.3 is 0 Å².